The monoisotopic (exact) mass is 316 g/mol. The van der Waals surface area contributed by atoms with E-state index in [1.807, 2.05) is 0 Å². The normalized spacial score (nSPS) is 33.0. The van der Waals surface area contributed by atoms with Crippen LogP contribution in [0.1, 0.15) is 47.0 Å². The van der Waals surface area contributed by atoms with E-state index < -0.39 is 0 Å². The molecule has 2 aliphatic rings. The van der Waals surface area contributed by atoms with Gasteiger partial charge in [0.05, 0.1) is 11.2 Å². The predicted octanol–water partition coefficient (Wildman–Crippen LogP) is 3.66. The Labute approximate surface area is 140 Å². The van der Waals surface area contributed by atoms with Crippen molar-refractivity contribution in [3.8, 4) is 0 Å². The third-order valence-corrected chi connectivity index (χ3v) is 5.18. The number of hydrogen-bond donors (Lipinski definition) is 1. The molecule has 0 amide bonds. The summed E-state index contributed by atoms with van der Waals surface area (Å²) in [6.07, 6.45) is 4.51. The molecule has 0 radical (unpaired) electrons. The molecule has 0 spiro atoms. The van der Waals surface area contributed by atoms with Crippen LogP contribution in [0.5, 0.6) is 0 Å². The largest absolute Gasteiger partial charge is 0.486 e. The number of aliphatic imine (C=N–C) groups is 1. The maximum Gasteiger partial charge on any atom is 0.486 e. The van der Waals surface area contributed by atoms with Crippen molar-refractivity contribution < 1.29 is 9.31 Å². The van der Waals surface area contributed by atoms with Gasteiger partial charge in [-0.2, -0.15) is 0 Å². The van der Waals surface area contributed by atoms with E-state index in [0.29, 0.717) is 0 Å². The maximum absolute atomic E-state index is 6.18. The zero-order valence-electron chi connectivity index (χ0n) is 14.9. The van der Waals surface area contributed by atoms with E-state index in [9.17, 15) is 0 Å². The molecule has 1 fully saturated rings. The number of nitrogens with one attached hydrogen (secondary N) is 1. The van der Waals surface area contributed by atoms with Crippen molar-refractivity contribution >= 4 is 13.0 Å². The summed E-state index contributed by atoms with van der Waals surface area (Å²) in [5.41, 5.74) is 0.156. The number of rotatable bonds is 5. The summed E-state index contributed by atoms with van der Waals surface area (Å²) in [4.78, 5) is 4.59. The van der Waals surface area contributed by atoms with Crippen molar-refractivity contribution in [1.29, 1.82) is 0 Å². The Morgan fingerprint density at radius 2 is 2.00 bits per heavy atom. The predicted molar refractivity (Wildman–Crippen MR) is 97.3 cm³/mol. The average molecular weight is 316 g/mol. The van der Waals surface area contributed by atoms with Gasteiger partial charge in [0.15, 0.2) is 0 Å². The smallest absolute Gasteiger partial charge is 0.400 e. The van der Waals surface area contributed by atoms with Crippen LogP contribution >= 0.6 is 0 Å². The summed E-state index contributed by atoms with van der Waals surface area (Å²) in [7, 11) is -0.339. The number of hydrogen-bond acceptors (Lipinski definition) is 4. The van der Waals surface area contributed by atoms with Crippen LogP contribution in [0, 0.1) is 5.41 Å². The Bertz CT molecular complexity index is 543. The molecule has 23 heavy (non-hydrogen) atoms. The van der Waals surface area contributed by atoms with Gasteiger partial charge in [-0.15, -0.1) is 6.58 Å². The van der Waals surface area contributed by atoms with Gasteiger partial charge in [-0.05, 0) is 45.1 Å². The van der Waals surface area contributed by atoms with Crippen molar-refractivity contribution in [2.24, 2.45) is 10.4 Å². The minimum Gasteiger partial charge on any atom is -0.400 e. The molecule has 5 heteroatoms. The molecule has 0 bridgehead atoms. The van der Waals surface area contributed by atoms with Crippen LogP contribution in [0.3, 0.4) is 0 Å². The lowest BCUT2D eigenvalue weighted by atomic mass is 9.69. The molecule has 0 aromatic heterocycles. The molecular formula is C18H29BN2O2. The first kappa shape index (κ1) is 18.0. The van der Waals surface area contributed by atoms with Crippen LogP contribution in [0.15, 0.2) is 42.5 Å². The minimum atomic E-state index is -0.363. The quantitative estimate of drug-likeness (QED) is 0.622. The fraction of sp³-hybridized carbons (Fsp3) is 0.611. The lowest BCUT2D eigenvalue weighted by Crippen LogP contribution is -2.49. The van der Waals surface area contributed by atoms with E-state index in [2.05, 4.69) is 57.7 Å². The highest BCUT2D eigenvalue weighted by atomic mass is 16.7. The van der Waals surface area contributed by atoms with Gasteiger partial charge >= 0.3 is 7.12 Å². The Kier molecular flexibility index (Phi) is 4.93. The van der Waals surface area contributed by atoms with E-state index in [-0.39, 0.29) is 23.7 Å². The van der Waals surface area contributed by atoms with Gasteiger partial charge in [-0.1, -0.05) is 26.1 Å². The van der Waals surface area contributed by atoms with Crippen LogP contribution in [0.2, 0.25) is 0 Å². The second-order valence-electron chi connectivity index (χ2n) is 7.68. The molecule has 0 aromatic rings. The summed E-state index contributed by atoms with van der Waals surface area (Å²) < 4.78 is 12.2. The van der Waals surface area contributed by atoms with E-state index in [4.69, 9.17) is 9.31 Å². The van der Waals surface area contributed by atoms with E-state index in [1.165, 1.54) is 0 Å². The lowest BCUT2D eigenvalue weighted by Gasteiger charge is -2.44. The SMILES string of the molecule is C=CB1OC(C)(C)C(C)(CC2(C)CCN=C(NC(=C)C=C)C2)O1. The molecule has 126 valence electrons. The van der Waals surface area contributed by atoms with Crippen LogP contribution < -0.4 is 5.32 Å². The molecule has 2 heterocycles. The fourth-order valence-corrected chi connectivity index (χ4v) is 3.48. The lowest BCUT2D eigenvalue weighted by molar-refractivity contribution is -0.0433. The topological polar surface area (TPSA) is 42.8 Å². The molecule has 0 aliphatic carbocycles. The van der Waals surface area contributed by atoms with Gasteiger partial charge in [0.25, 0.3) is 0 Å². The molecule has 0 aromatic carbocycles. The second kappa shape index (κ2) is 6.29. The molecule has 0 saturated carbocycles. The third kappa shape index (κ3) is 3.78. The van der Waals surface area contributed by atoms with Gasteiger partial charge in [0.2, 0.25) is 0 Å². The van der Waals surface area contributed by atoms with Crippen LogP contribution in [-0.4, -0.2) is 30.7 Å². The van der Waals surface area contributed by atoms with Crippen molar-refractivity contribution in [3.05, 3.63) is 37.5 Å². The second-order valence-corrected chi connectivity index (χ2v) is 7.68. The first-order chi connectivity index (χ1) is 10.6. The molecule has 2 rings (SSSR count). The third-order valence-electron chi connectivity index (χ3n) is 5.18. The fourth-order valence-electron chi connectivity index (χ4n) is 3.48. The van der Waals surface area contributed by atoms with E-state index in [1.54, 1.807) is 12.1 Å². The van der Waals surface area contributed by atoms with Crippen LogP contribution in [0.25, 0.3) is 0 Å². The van der Waals surface area contributed by atoms with Gasteiger partial charge < -0.3 is 14.6 Å². The molecular weight excluding hydrogens is 287 g/mol. The van der Waals surface area contributed by atoms with E-state index >= 15 is 0 Å². The van der Waals surface area contributed by atoms with Crippen LogP contribution in [0.4, 0.5) is 0 Å². The Hall–Kier alpha value is -1.33. The minimum absolute atomic E-state index is 0.0942. The molecule has 2 atom stereocenters. The summed E-state index contributed by atoms with van der Waals surface area (Å²) in [6.45, 7) is 20.9. The van der Waals surface area contributed by atoms with Gasteiger partial charge in [0, 0.05) is 18.7 Å². The van der Waals surface area contributed by atoms with Gasteiger partial charge in [0.1, 0.15) is 5.84 Å². The number of nitrogens with zero attached hydrogens (tertiary/aromatic N) is 1. The Morgan fingerprint density at radius 1 is 1.30 bits per heavy atom. The molecule has 2 aliphatic heterocycles. The molecule has 4 nitrogen and oxygen atoms in total. The zero-order chi connectivity index (χ0) is 17.3. The van der Waals surface area contributed by atoms with Gasteiger partial charge in [-0.25, -0.2) is 0 Å². The number of amidine groups is 1. The van der Waals surface area contributed by atoms with Gasteiger partial charge in [-0.3, -0.25) is 4.99 Å². The average Bonchev–Trinajstić information content (AvgIpc) is 2.67. The standard InChI is InChI=1S/C18H29BN2O2/c1-8-14(3)21-15-12-17(6,10-11-20-15)13-18(7)16(4,5)22-19(9-2)23-18/h8-9H,1-3,10-13H2,4-7H3,(H,20,21). The first-order valence-electron chi connectivity index (χ1n) is 8.23. The summed E-state index contributed by atoms with van der Waals surface area (Å²) in [6, 6.07) is 0. The first-order valence-corrected chi connectivity index (χ1v) is 8.23. The zero-order valence-corrected chi connectivity index (χ0v) is 14.9. The highest BCUT2D eigenvalue weighted by Crippen LogP contribution is 2.47. The van der Waals surface area contributed by atoms with E-state index in [0.717, 1.165) is 37.3 Å². The summed E-state index contributed by atoms with van der Waals surface area (Å²) in [5.74, 6) is 2.70. The highest BCUT2D eigenvalue weighted by molar-refractivity contribution is 6.51. The van der Waals surface area contributed by atoms with Crippen molar-refractivity contribution in [2.75, 3.05) is 6.54 Å². The number of allylic oxidation sites excluding steroid dienone is 1. The van der Waals surface area contributed by atoms with Crippen molar-refractivity contribution in [3.63, 3.8) is 0 Å². The molecule has 2 unspecified atom stereocenters. The molecule has 1 N–H and O–H groups in total. The maximum atomic E-state index is 6.18. The summed E-state index contributed by atoms with van der Waals surface area (Å²) >= 11 is 0. The Balaban J connectivity index is 2.12. The Morgan fingerprint density at radius 3 is 2.57 bits per heavy atom. The van der Waals surface area contributed by atoms with Crippen molar-refractivity contribution in [1.82, 2.24) is 5.32 Å². The highest BCUT2D eigenvalue weighted by Gasteiger charge is 2.55. The molecule has 1 saturated heterocycles. The summed E-state index contributed by atoms with van der Waals surface area (Å²) in [5, 5.41) is 3.25. The van der Waals surface area contributed by atoms with Crippen LogP contribution in [-0.2, 0) is 9.31 Å². The van der Waals surface area contributed by atoms with Crippen molar-refractivity contribution in [2.45, 2.75) is 58.2 Å².